The number of rotatable bonds is 7. The van der Waals surface area contributed by atoms with E-state index in [-0.39, 0.29) is 12.1 Å². The van der Waals surface area contributed by atoms with Crippen LogP contribution in [0.1, 0.15) is 53.3 Å². The van der Waals surface area contributed by atoms with Gasteiger partial charge in [0.1, 0.15) is 17.2 Å². The number of nitrogens with one attached hydrogen (secondary N) is 1. The fourth-order valence-electron chi connectivity index (χ4n) is 5.71. The smallest absolute Gasteiger partial charge is 0.337 e. The van der Waals surface area contributed by atoms with Gasteiger partial charge in [0.05, 0.1) is 26.4 Å². The lowest BCUT2D eigenvalue weighted by atomic mass is 9.85. The van der Waals surface area contributed by atoms with E-state index in [2.05, 4.69) is 35.6 Å². The molecule has 39 heavy (non-hydrogen) atoms. The van der Waals surface area contributed by atoms with E-state index < -0.39 is 0 Å². The number of ether oxygens (including phenoxy) is 4. The van der Waals surface area contributed by atoms with Crippen molar-refractivity contribution in [3.05, 3.63) is 89.5 Å². The molecule has 2 unspecified atom stereocenters. The summed E-state index contributed by atoms with van der Waals surface area (Å²) in [4.78, 5) is 12.2. The molecule has 0 saturated carbocycles. The number of fused-ring (bicyclic) bond motifs is 5. The minimum atomic E-state index is -0.390. The summed E-state index contributed by atoms with van der Waals surface area (Å²) in [7, 11) is 3.06. The summed E-state index contributed by atoms with van der Waals surface area (Å²) >= 11 is 0. The minimum absolute atomic E-state index is 0.363. The molecule has 0 aliphatic carbocycles. The van der Waals surface area contributed by atoms with Crippen LogP contribution in [-0.2, 0) is 4.74 Å². The Balaban J connectivity index is 1.34. The third-order valence-electron chi connectivity index (χ3n) is 7.80. The number of benzene rings is 4. The summed E-state index contributed by atoms with van der Waals surface area (Å²) in [6.45, 7) is 1.80. The van der Waals surface area contributed by atoms with Crippen LogP contribution in [-0.4, -0.2) is 39.4 Å². The summed E-state index contributed by atoms with van der Waals surface area (Å²) in [6, 6.07) is 24.5. The van der Waals surface area contributed by atoms with Gasteiger partial charge in [0.25, 0.3) is 0 Å². The van der Waals surface area contributed by atoms with Crippen LogP contribution in [0.4, 0.5) is 0 Å². The van der Waals surface area contributed by atoms with Crippen LogP contribution < -0.4 is 19.5 Å². The minimum Gasteiger partial charge on any atom is -0.497 e. The highest BCUT2D eigenvalue weighted by Gasteiger charge is 2.30. The monoisotopic (exact) mass is 523 g/mol. The predicted octanol–water partition coefficient (Wildman–Crippen LogP) is 6.69. The Morgan fingerprint density at radius 1 is 0.923 bits per heavy atom. The first-order valence-corrected chi connectivity index (χ1v) is 13.6. The van der Waals surface area contributed by atoms with E-state index in [4.69, 9.17) is 18.9 Å². The second-order valence-corrected chi connectivity index (χ2v) is 10.2. The molecular formula is C33H33NO5. The molecule has 1 fully saturated rings. The third-order valence-corrected chi connectivity index (χ3v) is 7.80. The number of esters is 1. The standard InChI is InChI=1S/C33H33NO5/c1-36-26-12-15-27-22(19-26)8-14-29-28-13-9-23(33(35)37-2)20-30(28)39-32(31(27)29)21-6-10-25(11-7-21)38-18-16-24-5-3-4-17-34-24/h6-15,19-20,24,32,34H,3-5,16-18H2,1-2H3. The predicted molar refractivity (Wildman–Crippen MR) is 152 cm³/mol. The van der Waals surface area contributed by atoms with E-state index in [9.17, 15) is 4.79 Å². The first kappa shape index (κ1) is 25.3. The lowest BCUT2D eigenvalue weighted by Crippen LogP contribution is -2.35. The first-order valence-electron chi connectivity index (χ1n) is 13.6. The molecule has 6 rings (SSSR count). The normalized spacial score (nSPS) is 18.0. The molecule has 1 N–H and O–H groups in total. The van der Waals surface area contributed by atoms with Gasteiger partial charge in [0.2, 0.25) is 0 Å². The van der Waals surface area contributed by atoms with Gasteiger partial charge in [0.15, 0.2) is 6.10 Å². The van der Waals surface area contributed by atoms with Crippen molar-refractivity contribution in [2.45, 2.75) is 37.8 Å². The summed E-state index contributed by atoms with van der Waals surface area (Å²) in [6.07, 6.45) is 4.43. The van der Waals surface area contributed by atoms with Crippen molar-refractivity contribution in [1.82, 2.24) is 5.32 Å². The highest BCUT2D eigenvalue weighted by atomic mass is 16.5. The van der Waals surface area contributed by atoms with Gasteiger partial charge < -0.3 is 24.3 Å². The van der Waals surface area contributed by atoms with E-state index in [1.165, 1.54) is 26.4 Å². The molecule has 0 radical (unpaired) electrons. The number of hydrogen-bond donors (Lipinski definition) is 1. The zero-order chi connectivity index (χ0) is 26.8. The molecule has 1 saturated heterocycles. The molecule has 0 amide bonds. The zero-order valence-corrected chi connectivity index (χ0v) is 22.4. The lowest BCUT2D eigenvalue weighted by molar-refractivity contribution is 0.0600. The Morgan fingerprint density at radius 2 is 1.74 bits per heavy atom. The number of methoxy groups -OCH3 is 2. The van der Waals surface area contributed by atoms with E-state index in [0.717, 1.165) is 57.5 Å². The van der Waals surface area contributed by atoms with Crippen molar-refractivity contribution in [2.75, 3.05) is 27.4 Å². The Kier molecular flexibility index (Phi) is 7.12. The molecule has 0 bridgehead atoms. The van der Waals surface area contributed by atoms with E-state index in [1.807, 2.05) is 30.3 Å². The molecule has 0 spiro atoms. The quantitative estimate of drug-likeness (QED) is 0.272. The van der Waals surface area contributed by atoms with Crippen molar-refractivity contribution < 1.29 is 23.7 Å². The Bertz CT molecular complexity index is 1490. The summed E-state index contributed by atoms with van der Waals surface area (Å²) < 4.78 is 23.2. The van der Waals surface area contributed by atoms with Crippen molar-refractivity contribution in [3.8, 4) is 28.4 Å². The van der Waals surface area contributed by atoms with E-state index >= 15 is 0 Å². The molecule has 0 aromatic heterocycles. The van der Waals surface area contributed by atoms with Crippen LogP contribution >= 0.6 is 0 Å². The molecule has 2 heterocycles. The maximum absolute atomic E-state index is 12.2. The van der Waals surface area contributed by atoms with Crippen molar-refractivity contribution in [2.24, 2.45) is 0 Å². The van der Waals surface area contributed by atoms with Gasteiger partial charge in [-0.25, -0.2) is 4.79 Å². The van der Waals surface area contributed by atoms with Crippen molar-refractivity contribution >= 4 is 16.7 Å². The average molecular weight is 524 g/mol. The van der Waals surface area contributed by atoms with Crippen LogP contribution in [0.25, 0.3) is 21.9 Å². The van der Waals surface area contributed by atoms with Gasteiger partial charge in [0, 0.05) is 17.2 Å². The first-order chi connectivity index (χ1) is 19.1. The fourth-order valence-corrected chi connectivity index (χ4v) is 5.71. The number of carbonyl (C=O) groups is 1. The highest BCUT2D eigenvalue weighted by Crippen LogP contribution is 2.48. The summed E-state index contributed by atoms with van der Waals surface area (Å²) in [5, 5.41) is 5.75. The van der Waals surface area contributed by atoms with Gasteiger partial charge in [-0.1, -0.05) is 36.8 Å². The van der Waals surface area contributed by atoms with Gasteiger partial charge in [-0.15, -0.1) is 0 Å². The van der Waals surface area contributed by atoms with E-state index in [0.29, 0.717) is 24.0 Å². The Labute approximate surface area is 228 Å². The fraction of sp³-hybridized carbons (Fsp3) is 0.303. The molecule has 2 atom stereocenters. The van der Waals surface area contributed by atoms with Gasteiger partial charge in [-0.3, -0.25) is 0 Å². The van der Waals surface area contributed by atoms with Crippen LogP contribution in [0.15, 0.2) is 72.8 Å². The molecule has 4 aromatic carbocycles. The second-order valence-electron chi connectivity index (χ2n) is 10.2. The highest BCUT2D eigenvalue weighted by molar-refractivity contribution is 5.97. The second kappa shape index (κ2) is 11.0. The number of carbonyl (C=O) groups excluding carboxylic acids is 1. The topological polar surface area (TPSA) is 66.0 Å². The maximum Gasteiger partial charge on any atom is 0.337 e. The van der Waals surface area contributed by atoms with Crippen molar-refractivity contribution in [1.29, 1.82) is 0 Å². The average Bonchev–Trinajstić information content (AvgIpc) is 3.00. The van der Waals surface area contributed by atoms with Crippen LogP contribution in [0, 0.1) is 0 Å². The van der Waals surface area contributed by atoms with Gasteiger partial charge >= 0.3 is 5.97 Å². The lowest BCUT2D eigenvalue weighted by Gasteiger charge is -2.31. The molecule has 4 aromatic rings. The molecule has 200 valence electrons. The van der Waals surface area contributed by atoms with E-state index in [1.54, 1.807) is 19.2 Å². The molecule has 6 nitrogen and oxygen atoms in total. The SMILES string of the molecule is COC(=O)c1ccc2c(c1)OC(c1ccc(OCCC3CCCCN3)cc1)c1c-2ccc2cc(OC)ccc12. The van der Waals surface area contributed by atoms with Gasteiger partial charge in [-0.2, -0.15) is 0 Å². The largest absolute Gasteiger partial charge is 0.497 e. The number of hydrogen-bond acceptors (Lipinski definition) is 6. The van der Waals surface area contributed by atoms with Gasteiger partial charge in [-0.05, 0) is 90.2 Å². The van der Waals surface area contributed by atoms with Crippen molar-refractivity contribution in [3.63, 3.8) is 0 Å². The van der Waals surface area contributed by atoms with Crippen LogP contribution in [0.5, 0.6) is 17.2 Å². The maximum atomic E-state index is 12.2. The van der Waals surface area contributed by atoms with Crippen LogP contribution in [0.3, 0.4) is 0 Å². The molecular weight excluding hydrogens is 490 g/mol. The Hall–Kier alpha value is -4.03. The third kappa shape index (κ3) is 5.04. The molecule has 2 aliphatic rings. The number of piperidine rings is 1. The molecule has 6 heteroatoms. The van der Waals surface area contributed by atoms with Crippen LogP contribution in [0.2, 0.25) is 0 Å². The summed E-state index contributed by atoms with van der Waals surface area (Å²) in [5.74, 6) is 1.92. The zero-order valence-electron chi connectivity index (χ0n) is 22.4. The molecule has 2 aliphatic heterocycles. The summed E-state index contributed by atoms with van der Waals surface area (Å²) in [5.41, 5.74) is 4.58. The Morgan fingerprint density at radius 3 is 2.51 bits per heavy atom.